The maximum atomic E-state index is 4.52. The molecule has 0 atom stereocenters. The number of hydrogen-bond acceptors (Lipinski definition) is 3. The van der Waals surface area contributed by atoms with Crippen LogP contribution in [0.3, 0.4) is 0 Å². The van der Waals surface area contributed by atoms with Gasteiger partial charge in [-0.15, -0.1) is 4.99 Å². The molecule has 0 radical (unpaired) electrons. The SMILES string of the molecule is COONc1cccc(C)c1. The first-order valence-electron chi connectivity index (χ1n) is 3.35. The van der Waals surface area contributed by atoms with E-state index in [0.29, 0.717) is 0 Å². The molecule has 0 unspecified atom stereocenters. The van der Waals surface area contributed by atoms with Gasteiger partial charge in [-0.3, -0.25) is 0 Å². The molecule has 0 amide bonds. The van der Waals surface area contributed by atoms with E-state index in [2.05, 4.69) is 15.4 Å². The Morgan fingerprint density at radius 1 is 1.36 bits per heavy atom. The minimum Gasteiger partial charge on any atom is -0.235 e. The smallest absolute Gasteiger partial charge is 0.0738 e. The Kier molecular flexibility index (Phi) is 2.89. The van der Waals surface area contributed by atoms with E-state index in [4.69, 9.17) is 0 Å². The van der Waals surface area contributed by atoms with Gasteiger partial charge in [0.2, 0.25) is 0 Å². The van der Waals surface area contributed by atoms with Gasteiger partial charge in [-0.25, -0.2) is 10.4 Å². The molecule has 0 saturated carbocycles. The fraction of sp³-hybridized carbons (Fsp3) is 0.250. The molecule has 3 nitrogen and oxygen atoms in total. The number of benzene rings is 1. The summed E-state index contributed by atoms with van der Waals surface area (Å²) in [6, 6.07) is 7.81. The lowest BCUT2D eigenvalue weighted by Gasteiger charge is -2.02. The first-order chi connectivity index (χ1) is 5.33. The van der Waals surface area contributed by atoms with Crippen LogP contribution in [0.1, 0.15) is 5.56 Å². The van der Waals surface area contributed by atoms with Crippen LogP contribution in [0.15, 0.2) is 24.3 Å². The Labute approximate surface area is 65.8 Å². The molecule has 0 spiro atoms. The number of nitrogens with one attached hydrogen (secondary N) is 1. The molecule has 0 saturated heterocycles. The van der Waals surface area contributed by atoms with E-state index in [1.54, 1.807) is 0 Å². The van der Waals surface area contributed by atoms with Gasteiger partial charge in [0.15, 0.2) is 0 Å². The molecule has 0 aliphatic carbocycles. The average molecular weight is 153 g/mol. The van der Waals surface area contributed by atoms with Gasteiger partial charge in [0.25, 0.3) is 0 Å². The van der Waals surface area contributed by atoms with Crippen molar-refractivity contribution in [3.8, 4) is 0 Å². The molecule has 0 aliphatic rings. The minimum absolute atomic E-state index is 0.881. The third-order valence-electron chi connectivity index (χ3n) is 1.26. The summed E-state index contributed by atoms with van der Waals surface area (Å²) in [7, 11) is 1.45. The second kappa shape index (κ2) is 3.95. The van der Waals surface area contributed by atoms with E-state index >= 15 is 0 Å². The van der Waals surface area contributed by atoms with Gasteiger partial charge in [-0.2, -0.15) is 0 Å². The van der Waals surface area contributed by atoms with E-state index in [0.717, 1.165) is 5.69 Å². The summed E-state index contributed by atoms with van der Waals surface area (Å²) in [4.78, 5) is 8.90. The summed E-state index contributed by atoms with van der Waals surface area (Å²) >= 11 is 0. The lowest BCUT2D eigenvalue weighted by Crippen LogP contribution is -1.98. The van der Waals surface area contributed by atoms with Crippen molar-refractivity contribution in [2.75, 3.05) is 12.6 Å². The third-order valence-corrected chi connectivity index (χ3v) is 1.26. The van der Waals surface area contributed by atoms with Gasteiger partial charge in [-0.1, -0.05) is 12.1 Å². The highest BCUT2D eigenvalue weighted by molar-refractivity contribution is 5.43. The van der Waals surface area contributed by atoms with Gasteiger partial charge in [-0.05, 0) is 24.6 Å². The highest BCUT2D eigenvalue weighted by Crippen LogP contribution is 2.08. The summed E-state index contributed by atoms with van der Waals surface area (Å²) in [5, 5.41) is 0. The Bertz CT molecular complexity index is 225. The van der Waals surface area contributed by atoms with Crippen LogP contribution in [-0.2, 0) is 9.88 Å². The average Bonchev–Trinajstić information content (AvgIpc) is 2.01. The fourth-order valence-electron chi connectivity index (χ4n) is 0.798. The van der Waals surface area contributed by atoms with Crippen molar-refractivity contribution in [3.63, 3.8) is 0 Å². The molecule has 1 aromatic carbocycles. The van der Waals surface area contributed by atoms with Gasteiger partial charge in [0.05, 0.1) is 12.8 Å². The molecular formula is C8H11NO2. The second-order valence-corrected chi connectivity index (χ2v) is 2.22. The Balaban J connectivity index is 2.56. The van der Waals surface area contributed by atoms with Crippen molar-refractivity contribution in [1.29, 1.82) is 0 Å². The van der Waals surface area contributed by atoms with Crippen LogP contribution in [0.2, 0.25) is 0 Å². The van der Waals surface area contributed by atoms with E-state index in [1.807, 2.05) is 31.2 Å². The van der Waals surface area contributed by atoms with Crippen LogP contribution in [0, 0.1) is 6.92 Å². The summed E-state index contributed by atoms with van der Waals surface area (Å²) in [5.74, 6) is 0. The monoisotopic (exact) mass is 153 g/mol. The summed E-state index contributed by atoms with van der Waals surface area (Å²) in [6.45, 7) is 2.01. The normalized spacial score (nSPS) is 9.64. The van der Waals surface area contributed by atoms with E-state index in [9.17, 15) is 0 Å². The van der Waals surface area contributed by atoms with Crippen LogP contribution in [0.5, 0.6) is 0 Å². The summed E-state index contributed by atoms with van der Waals surface area (Å²) < 4.78 is 0. The third kappa shape index (κ3) is 2.57. The second-order valence-electron chi connectivity index (χ2n) is 2.22. The van der Waals surface area contributed by atoms with Crippen molar-refractivity contribution >= 4 is 5.69 Å². The van der Waals surface area contributed by atoms with Gasteiger partial charge < -0.3 is 0 Å². The topological polar surface area (TPSA) is 30.5 Å². The van der Waals surface area contributed by atoms with Crippen LogP contribution < -0.4 is 5.48 Å². The van der Waals surface area contributed by atoms with E-state index in [-0.39, 0.29) is 0 Å². The number of hydrogen-bond donors (Lipinski definition) is 1. The summed E-state index contributed by atoms with van der Waals surface area (Å²) in [6.07, 6.45) is 0. The van der Waals surface area contributed by atoms with Crippen LogP contribution in [-0.4, -0.2) is 7.11 Å². The first-order valence-corrected chi connectivity index (χ1v) is 3.35. The van der Waals surface area contributed by atoms with Crippen LogP contribution in [0.4, 0.5) is 5.69 Å². The predicted octanol–water partition coefficient (Wildman–Crippen LogP) is 1.90. The first kappa shape index (κ1) is 8.04. The molecule has 0 heterocycles. The zero-order valence-corrected chi connectivity index (χ0v) is 6.63. The van der Waals surface area contributed by atoms with Crippen molar-refractivity contribution < 1.29 is 9.88 Å². The highest BCUT2D eigenvalue weighted by atomic mass is 17.3. The molecule has 3 heteroatoms. The van der Waals surface area contributed by atoms with Gasteiger partial charge in [0, 0.05) is 0 Å². The van der Waals surface area contributed by atoms with E-state index in [1.165, 1.54) is 12.7 Å². The van der Waals surface area contributed by atoms with Crippen LogP contribution >= 0.6 is 0 Å². The lowest BCUT2D eigenvalue weighted by molar-refractivity contribution is -0.248. The molecule has 1 aromatic rings. The molecule has 1 N–H and O–H groups in total. The van der Waals surface area contributed by atoms with Crippen LogP contribution in [0.25, 0.3) is 0 Å². The van der Waals surface area contributed by atoms with Crippen molar-refractivity contribution in [3.05, 3.63) is 29.8 Å². The molecule has 0 aromatic heterocycles. The Hall–Kier alpha value is -1.06. The van der Waals surface area contributed by atoms with Crippen molar-refractivity contribution in [2.45, 2.75) is 6.92 Å². The maximum absolute atomic E-state index is 4.52. The summed E-state index contributed by atoms with van der Waals surface area (Å²) in [5.41, 5.74) is 4.67. The molecule has 60 valence electrons. The molecule has 0 fully saturated rings. The molecule has 1 rings (SSSR count). The Morgan fingerprint density at radius 3 is 2.82 bits per heavy atom. The van der Waals surface area contributed by atoms with Crippen molar-refractivity contribution in [2.24, 2.45) is 0 Å². The van der Waals surface area contributed by atoms with Gasteiger partial charge in [0.1, 0.15) is 0 Å². The largest absolute Gasteiger partial charge is 0.235 e. The maximum Gasteiger partial charge on any atom is 0.0738 e. The minimum atomic E-state index is 0.881. The predicted molar refractivity (Wildman–Crippen MR) is 42.9 cm³/mol. The highest BCUT2D eigenvalue weighted by Gasteiger charge is 1.89. The number of rotatable bonds is 3. The standard InChI is InChI=1S/C8H11NO2/c1-7-4-3-5-8(6-7)9-11-10-2/h3-6,9H,1-2H3. The molecular weight excluding hydrogens is 142 g/mol. The van der Waals surface area contributed by atoms with E-state index < -0.39 is 0 Å². The quantitative estimate of drug-likeness (QED) is 0.531. The molecule has 0 aliphatic heterocycles. The lowest BCUT2D eigenvalue weighted by atomic mass is 10.2. The van der Waals surface area contributed by atoms with Gasteiger partial charge >= 0.3 is 0 Å². The number of aryl methyl sites for hydroxylation is 1. The molecule has 11 heavy (non-hydrogen) atoms. The Morgan fingerprint density at radius 2 is 2.18 bits per heavy atom. The fourth-order valence-corrected chi connectivity index (χ4v) is 0.798. The number of anilines is 1. The zero-order chi connectivity index (χ0) is 8.10. The molecule has 0 bridgehead atoms. The van der Waals surface area contributed by atoms with Crippen molar-refractivity contribution in [1.82, 2.24) is 0 Å². The zero-order valence-electron chi connectivity index (χ0n) is 6.63.